The Kier molecular flexibility index (Phi) is 10.9. The smallest absolute Gasteiger partial charge is 0.213 e. The van der Waals surface area contributed by atoms with Crippen LogP contribution in [0.25, 0.3) is 0 Å². The highest BCUT2D eigenvalue weighted by molar-refractivity contribution is 14.0. The van der Waals surface area contributed by atoms with E-state index in [9.17, 15) is 0 Å². The van der Waals surface area contributed by atoms with Crippen LogP contribution in [0, 0.1) is 6.92 Å². The number of methoxy groups -OCH3 is 1. The summed E-state index contributed by atoms with van der Waals surface area (Å²) in [6.07, 6.45) is 2.90. The molecule has 0 radical (unpaired) electrons. The van der Waals surface area contributed by atoms with Gasteiger partial charge < -0.3 is 25.0 Å². The van der Waals surface area contributed by atoms with Crippen molar-refractivity contribution in [3.63, 3.8) is 0 Å². The second-order valence-electron chi connectivity index (χ2n) is 7.45. The predicted octanol–water partition coefficient (Wildman–Crippen LogP) is 3.37. The highest BCUT2D eigenvalue weighted by atomic mass is 127. The number of ether oxygens (including phenoxy) is 2. The van der Waals surface area contributed by atoms with Gasteiger partial charge in [0, 0.05) is 50.7 Å². The van der Waals surface area contributed by atoms with Gasteiger partial charge in [0.2, 0.25) is 5.88 Å². The third-order valence-corrected chi connectivity index (χ3v) is 5.03. The zero-order valence-corrected chi connectivity index (χ0v) is 21.0. The fraction of sp³-hybridized carbons (Fsp3) is 0.478. The predicted molar refractivity (Wildman–Crippen MR) is 137 cm³/mol. The van der Waals surface area contributed by atoms with E-state index in [0.717, 1.165) is 37.6 Å². The monoisotopic (exact) mass is 539 g/mol. The highest BCUT2D eigenvalue weighted by Crippen LogP contribution is 2.20. The number of hydrogen-bond acceptors (Lipinski definition) is 5. The largest absolute Gasteiger partial charge is 0.475 e. The minimum absolute atomic E-state index is 0. The number of aromatic nitrogens is 1. The molecule has 1 aliphatic rings. The Bertz CT molecular complexity index is 799. The van der Waals surface area contributed by atoms with Crippen LogP contribution >= 0.6 is 24.0 Å². The lowest BCUT2D eigenvalue weighted by atomic mass is 10.2. The summed E-state index contributed by atoms with van der Waals surface area (Å²) in [5.41, 5.74) is 3.61. The summed E-state index contributed by atoms with van der Waals surface area (Å²) in [7, 11) is 1.65. The molecule has 2 N–H and O–H groups in total. The molecule has 1 aliphatic heterocycles. The third-order valence-electron chi connectivity index (χ3n) is 5.03. The first-order valence-corrected chi connectivity index (χ1v) is 10.6. The molecule has 170 valence electrons. The minimum Gasteiger partial charge on any atom is -0.475 e. The zero-order chi connectivity index (χ0) is 21.2. The average molecular weight is 539 g/mol. The van der Waals surface area contributed by atoms with Crippen LogP contribution < -0.4 is 20.3 Å². The van der Waals surface area contributed by atoms with Crippen molar-refractivity contribution in [1.82, 2.24) is 15.6 Å². The quantitative estimate of drug-likeness (QED) is 0.221. The fourth-order valence-electron chi connectivity index (χ4n) is 3.37. The van der Waals surface area contributed by atoms with E-state index >= 15 is 0 Å². The number of halogens is 1. The van der Waals surface area contributed by atoms with Crippen LogP contribution in [0.1, 0.15) is 24.5 Å². The van der Waals surface area contributed by atoms with Crippen LogP contribution in [0.2, 0.25) is 0 Å². The van der Waals surface area contributed by atoms with Crippen LogP contribution in [0.5, 0.6) is 5.88 Å². The molecule has 31 heavy (non-hydrogen) atoms. The number of benzene rings is 1. The van der Waals surface area contributed by atoms with Crippen LogP contribution in [-0.4, -0.2) is 56.9 Å². The molecule has 7 nitrogen and oxygen atoms in total. The van der Waals surface area contributed by atoms with Gasteiger partial charge in [-0.05, 0) is 38.0 Å². The van der Waals surface area contributed by atoms with E-state index in [1.165, 1.54) is 11.3 Å². The Labute approximate surface area is 202 Å². The van der Waals surface area contributed by atoms with Crippen LogP contribution in [0.3, 0.4) is 0 Å². The SMILES string of the molecule is CCNC(=NCc1ccc(OCCOC)nc1)NC1CCN(c2ccc(C)cc2)C1.I. The topological polar surface area (TPSA) is 71.0 Å². The van der Waals surface area contributed by atoms with Crippen LogP contribution in [-0.2, 0) is 11.3 Å². The summed E-state index contributed by atoms with van der Waals surface area (Å²) in [6.45, 7) is 8.66. The van der Waals surface area contributed by atoms with Crippen LogP contribution in [0.4, 0.5) is 5.69 Å². The number of pyridine rings is 1. The summed E-state index contributed by atoms with van der Waals surface area (Å²) in [4.78, 5) is 11.5. The maximum absolute atomic E-state index is 5.51. The highest BCUT2D eigenvalue weighted by Gasteiger charge is 2.23. The van der Waals surface area contributed by atoms with Crippen molar-refractivity contribution in [2.24, 2.45) is 4.99 Å². The molecule has 0 amide bonds. The van der Waals surface area contributed by atoms with E-state index < -0.39 is 0 Å². The number of guanidine groups is 1. The number of aryl methyl sites for hydroxylation is 1. The summed E-state index contributed by atoms with van der Waals surface area (Å²) >= 11 is 0. The van der Waals surface area contributed by atoms with Gasteiger partial charge in [-0.1, -0.05) is 23.8 Å². The Morgan fingerprint density at radius 1 is 1.19 bits per heavy atom. The first-order chi connectivity index (χ1) is 14.7. The first-order valence-electron chi connectivity index (χ1n) is 10.6. The molecule has 1 fully saturated rings. The average Bonchev–Trinajstić information content (AvgIpc) is 3.22. The third kappa shape index (κ3) is 8.17. The van der Waals surface area contributed by atoms with Gasteiger partial charge >= 0.3 is 0 Å². The molecule has 2 aromatic rings. The molecule has 0 saturated carbocycles. The minimum atomic E-state index is 0. The molecule has 1 unspecified atom stereocenters. The number of anilines is 1. The number of hydrogen-bond donors (Lipinski definition) is 2. The molecule has 2 heterocycles. The van der Waals surface area contributed by atoms with E-state index in [0.29, 0.717) is 31.7 Å². The van der Waals surface area contributed by atoms with E-state index in [2.05, 4.69) is 58.6 Å². The van der Waals surface area contributed by atoms with Crippen molar-refractivity contribution >= 4 is 35.6 Å². The fourth-order valence-corrected chi connectivity index (χ4v) is 3.37. The summed E-state index contributed by atoms with van der Waals surface area (Å²) in [6, 6.07) is 13.0. The van der Waals surface area contributed by atoms with Crippen molar-refractivity contribution in [2.45, 2.75) is 32.9 Å². The molecular weight excluding hydrogens is 505 g/mol. The van der Waals surface area contributed by atoms with Gasteiger partial charge in [-0.2, -0.15) is 0 Å². The number of aliphatic imine (C=N–C) groups is 1. The van der Waals surface area contributed by atoms with Gasteiger partial charge in [0.1, 0.15) is 6.61 Å². The van der Waals surface area contributed by atoms with E-state index in [1.807, 2.05) is 18.3 Å². The van der Waals surface area contributed by atoms with E-state index in [-0.39, 0.29) is 24.0 Å². The number of nitrogens with zero attached hydrogens (tertiary/aromatic N) is 3. The zero-order valence-electron chi connectivity index (χ0n) is 18.6. The van der Waals surface area contributed by atoms with Gasteiger partial charge in [-0.25, -0.2) is 9.98 Å². The summed E-state index contributed by atoms with van der Waals surface area (Å²) < 4.78 is 10.5. The lowest BCUT2D eigenvalue weighted by Gasteiger charge is -2.20. The molecule has 1 aromatic heterocycles. The van der Waals surface area contributed by atoms with E-state index in [1.54, 1.807) is 7.11 Å². The van der Waals surface area contributed by atoms with Crippen molar-refractivity contribution in [3.8, 4) is 5.88 Å². The molecule has 1 atom stereocenters. The Balaban J connectivity index is 0.00000341. The summed E-state index contributed by atoms with van der Waals surface area (Å²) in [5, 5.41) is 6.93. The standard InChI is InChI=1S/C23H33N5O2.HI/c1-4-24-23(26-16-19-7-10-22(25-15-19)30-14-13-29-3)27-20-11-12-28(17-20)21-8-5-18(2)6-9-21;/h5-10,15,20H,4,11-14,16-17H2,1-3H3,(H2,24,26,27);1H. The Hall–Kier alpha value is -2.07. The van der Waals surface area contributed by atoms with Crippen molar-refractivity contribution in [2.75, 3.05) is 44.9 Å². The molecule has 1 saturated heterocycles. The van der Waals surface area contributed by atoms with Crippen molar-refractivity contribution in [3.05, 3.63) is 53.7 Å². The maximum Gasteiger partial charge on any atom is 0.213 e. The molecular formula is C23H34IN5O2. The van der Waals surface area contributed by atoms with Gasteiger partial charge in [-0.3, -0.25) is 0 Å². The number of rotatable bonds is 9. The molecule has 0 aliphatic carbocycles. The molecule has 8 heteroatoms. The molecule has 0 bridgehead atoms. The first kappa shape index (κ1) is 25.2. The van der Waals surface area contributed by atoms with Gasteiger partial charge in [0.05, 0.1) is 13.2 Å². The normalized spacial score (nSPS) is 16.0. The van der Waals surface area contributed by atoms with Crippen molar-refractivity contribution in [1.29, 1.82) is 0 Å². The Morgan fingerprint density at radius 3 is 2.68 bits per heavy atom. The maximum atomic E-state index is 5.51. The second-order valence-corrected chi connectivity index (χ2v) is 7.45. The van der Waals surface area contributed by atoms with Gasteiger partial charge in [-0.15, -0.1) is 24.0 Å². The molecule has 1 aromatic carbocycles. The van der Waals surface area contributed by atoms with Crippen molar-refractivity contribution < 1.29 is 9.47 Å². The summed E-state index contributed by atoms with van der Waals surface area (Å²) in [5.74, 6) is 1.45. The Morgan fingerprint density at radius 2 is 2.00 bits per heavy atom. The van der Waals surface area contributed by atoms with Crippen LogP contribution in [0.15, 0.2) is 47.6 Å². The molecule has 3 rings (SSSR count). The van der Waals surface area contributed by atoms with Gasteiger partial charge in [0.25, 0.3) is 0 Å². The van der Waals surface area contributed by atoms with E-state index in [4.69, 9.17) is 14.5 Å². The second kappa shape index (κ2) is 13.4. The lowest BCUT2D eigenvalue weighted by Crippen LogP contribution is -2.44. The molecule has 0 spiro atoms. The van der Waals surface area contributed by atoms with Gasteiger partial charge in [0.15, 0.2) is 5.96 Å². The lowest BCUT2D eigenvalue weighted by molar-refractivity contribution is 0.143. The number of nitrogens with one attached hydrogen (secondary N) is 2.